The highest BCUT2D eigenvalue weighted by atomic mass is 19.1. The number of aliphatic hydroxyl groups excluding tert-OH is 1. The second kappa shape index (κ2) is 10.9. The van der Waals surface area contributed by atoms with Gasteiger partial charge in [0.2, 0.25) is 0 Å². The van der Waals surface area contributed by atoms with Gasteiger partial charge in [0, 0.05) is 26.2 Å². The average molecular weight is 417 g/mol. The Morgan fingerprint density at radius 1 is 1.10 bits per heavy atom. The molecule has 1 aliphatic heterocycles. The molecule has 1 aliphatic rings. The number of halogens is 2. The van der Waals surface area contributed by atoms with Crippen molar-refractivity contribution < 1.29 is 13.9 Å². The maximum Gasteiger partial charge on any atom is 0.191 e. The predicted molar refractivity (Wildman–Crippen MR) is 117 cm³/mol. The molecule has 0 saturated carbocycles. The number of aliphatic imine (C=N–C) groups is 1. The monoisotopic (exact) mass is 416 g/mol. The number of benzene rings is 2. The zero-order chi connectivity index (χ0) is 21.3. The van der Waals surface area contributed by atoms with E-state index in [1.807, 2.05) is 24.0 Å². The molecule has 1 saturated heterocycles. The molecule has 7 heteroatoms. The lowest BCUT2D eigenvalue weighted by atomic mass is 10.1. The first-order valence-corrected chi connectivity index (χ1v) is 10.5. The summed E-state index contributed by atoms with van der Waals surface area (Å²) in [5.41, 5.74) is 2.28. The van der Waals surface area contributed by atoms with Gasteiger partial charge in [-0.25, -0.2) is 13.8 Å². The van der Waals surface area contributed by atoms with Crippen LogP contribution in [0.3, 0.4) is 0 Å². The van der Waals surface area contributed by atoms with Gasteiger partial charge in [0.1, 0.15) is 11.6 Å². The van der Waals surface area contributed by atoms with E-state index in [1.54, 1.807) is 12.1 Å². The molecular formula is C23H30F2N4O. The van der Waals surface area contributed by atoms with Crippen molar-refractivity contribution in [1.82, 2.24) is 10.6 Å². The van der Waals surface area contributed by atoms with Gasteiger partial charge < -0.3 is 20.6 Å². The van der Waals surface area contributed by atoms with Crippen molar-refractivity contribution in [2.24, 2.45) is 4.99 Å². The molecule has 1 fully saturated rings. The average Bonchev–Trinajstić information content (AvgIpc) is 2.73. The zero-order valence-corrected chi connectivity index (χ0v) is 17.4. The number of nitrogens with zero attached hydrogens (tertiary/aromatic N) is 2. The highest BCUT2D eigenvalue weighted by molar-refractivity contribution is 5.79. The number of anilines is 1. The summed E-state index contributed by atoms with van der Waals surface area (Å²) in [5.74, 6) is 0.144. The van der Waals surface area contributed by atoms with Crippen molar-refractivity contribution in [3.8, 4) is 0 Å². The van der Waals surface area contributed by atoms with Crippen LogP contribution in [-0.4, -0.2) is 43.3 Å². The Morgan fingerprint density at radius 3 is 2.60 bits per heavy atom. The number of hydrogen-bond acceptors (Lipinski definition) is 3. The lowest BCUT2D eigenvalue weighted by Gasteiger charge is -2.31. The van der Waals surface area contributed by atoms with E-state index in [0.717, 1.165) is 11.1 Å². The Labute approximate surface area is 176 Å². The van der Waals surface area contributed by atoms with E-state index in [2.05, 4.69) is 15.6 Å². The molecule has 1 heterocycles. The summed E-state index contributed by atoms with van der Waals surface area (Å²) < 4.78 is 27.9. The van der Waals surface area contributed by atoms with Crippen LogP contribution in [0.25, 0.3) is 0 Å². The van der Waals surface area contributed by atoms with Crippen LogP contribution in [0.5, 0.6) is 0 Å². The number of piperidine rings is 1. The topological polar surface area (TPSA) is 59.9 Å². The quantitative estimate of drug-likeness (QED) is 0.479. The molecule has 2 aromatic carbocycles. The molecule has 0 atom stereocenters. The minimum absolute atomic E-state index is 0.237. The van der Waals surface area contributed by atoms with Gasteiger partial charge in [-0.05, 0) is 61.6 Å². The number of aliphatic hydroxyl groups is 1. The standard InChI is InChI=1S/C23H30F2N4O/c1-2-26-23(27-11-8-17-4-3-5-19(24)14-17)28-16-18-6-7-22(21(25)15-18)29-12-9-20(30)10-13-29/h3-7,14-15,20,30H,2,8-13,16H2,1H3,(H2,26,27,28). The van der Waals surface area contributed by atoms with Gasteiger partial charge in [0.25, 0.3) is 0 Å². The first kappa shape index (κ1) is 22.0. The van der Waals surface area contributed by atoms with Crippen LogP contribution in [0.1, 0.15) is 30.9 Å². The largest absolute Gasteiger partial charge is 0.393 e. The van der Waals surface area contributed by atoms with Crippen LogP contribution in [0, 0.1) is 11.6 Å². The lowest BCUT2D eigenvalue weighted by molar-refractivity contribution is 0.145. The van der Waals surface area contributed by atoms with E-state index in [9.17, 15) is 13.9 Å². The normalized spacial score (nSPS) is 15.3. The fourth-order valence-corrected chi connectivity index (χ4v) is 3.54. The first-order chi connectivity index (χ1) is 14.5. The summed E-state index contributed by atoms with van der Waals surface area (Å²) in [4.78, 5) is 6.51. The van der Waals surface area contributed by atoms with Crippen LogP contribution in [0.15, 0.2) is 47.5 Å². The Kier molecular flexibility index (Phi) is 8.02. The SMILES string of the molecule is CCNC(=NCc1ccc(N2CCC(O)CC2)c(F)c1)NCCc1cccc(F)c1. The highest BCUT2D eigenvalue weighted by Crippen LogP contribution is 2.24. The maximum absolute atomic E-state index is 14.6. The molecule has 0 radical (unpaired) electrons. The number of nitrogens with one attached hydrogen (secondary N) is 2. The molecule has 5 nitrogen and oxygen atoms in total. The Morgan fingerprint density at radius 2 is 1.90 bits per heavy atom. The van der Waals surface area contributed by atoms with E-state index in [-0.39, 0.29) is 17.7 Å². The summed E-state index contributed by atoms with van der Waals surface area (Å²) >= 11 is 0. The minimum atomic E-state index is -0.282. The van der Waals surface area contributed by atoms with Crippen LogP contribution in [0.2, 0.25) is 0 Å². The summed E-state index contributed by atoms with van der Waals surface area (Å²) in [5, 5.41) is 16.0. The summed E-state index contributed by atoms with van der Waals surface area (Å²) in [6.45, 7) is 4.98. The summed E-state index contributed by atoms with van der Waals surface area (Å²) in [6.07, 6.45) is 1.73. The van der Waals surface area contributed by atoms with E-state index in [1.165, 1.54) is 18.2 Å². The van der Waals surface area contributed by atoms with Gasteiger partial charge in [-0.15, -0.1) is 0 Å². The third-order valence-corrected chi connectivity index (χ3v) is 5.18. The molecule has 0 spiro atoms. The molecule has 0 aliphatic carbocycles. The van der Waals surface area contributed by atoms with Gasteiger partial charge in [0.15, 0.2) is 5.96 Å². The molecule has 0 amide bonds. The van der Waals surface area contributed by atoms with Crippen molar-refractivity contribution in [3.63, 3.8) is 0 Å². The van der Waals surface area contributed by atoms with E-state index >= 15 is 0 Å². The van der Waals surface area contributed by atoms with Crippen LogP contribution < -0.4 is 15.5 Å². The summed E-state index contributed by atoms with van der Waals surface area (Å²) in [7, 11) is 0. The van der Waals surface area contributed by atoms with Crippen LogP contribution >= 0.6 is 0 Å². The fraction of sp³-hybridized carbons (Fsp3) is 0.435. The van der Waals surface area contributed by atoms with Crippen molar-refractivity contribution in [1.29, 1.82) is 0 Å². The third kappa shape index (κ3) is 6.42. The Hall–Kier alpha value is -2.67. The van der Waals surface area contributed by atoms with Crippen molar-refractivity contribution >= 4 is 11.6 Å². The molecule has 162 valence electrons. The van der Waals surface area contributed by atoms with Gasteiger partial charge in [0.05, 0.1) is 18.3 Å². The highest BCUT2D eigenvalue weighted by Gasteiger charge is 2.19. The van der Waals surface area contributed by atoms with Crippen molar-refractivity contribution in [2.75, 3.05) is 31.1 Å². The first-order valence-electron chi connectivity index (χ1n) is 10.5. The van der Waals surface area contributed by atoms with Crippen molar-refractivity contribution in [2.45, 2.75) is 38.8 Å². The minimum Gasteiger partial charge on any atom is -0.393 e. The summed E-state index contributed by atoms with van der Waals surface area (Å²) in [6, 6.07) is 11.8. The van der Waals surface area contributed by atoms with Gasteiger partial charge >= 0.3 is 0 Å². The number of guanidine groups is 1. The fourth-order valence-electron chi connectivity index (χ4n) is 3.54. The van der Waals surface area contributed by atoms with Crippen LogP contribution in [0.4, 0.5) is 14.5 Å². The van der Waals surface area contributed by atoms with Crippen LogP contribution in [-0.2, 0) is 13.0 Å². The molecule has 3 rings (SSSR count). The lowest BCUT2D eigenvalue weighted by Crippen LogP contribution is -2.38. The zero-order valence-electron chi connectivity index (χ0n) is 17.4. The van der Waals surface area contributed by atoms with Crippen molar-refractivity contribution in [3.05, 3.63) is 65.2 Å². The Balaban J connectivity index is 1.56. The molecule has 30 heavy (non-hydrogen) atoms. The molecule has 2 aromatic rings. The van der Waals surface area contributed by atoms with E-state index < -0.39 is 0 Å². The Bertz CT molecular complexity index is 851. The molecule has 0 aromatic heterocycles. The number of hydrogen-bond donors (Lipinski definition) is 3. The molecule has 3 N–H and O–H groups in total. The second-order valence-corrected chi connectivity index (χ2v) is 7.51. The van der Waals surface area contributed by atoms with E-state index in [0.29, 0.717) is 63.6 Å². The second-order valence-electron chi connectivity index (χ2n) is 7.51. The van der Waals surface area contributed by atoms with Gasteiger partial charge in [-0.2, -0.15) is 0 Å². The van der Waals surface area contributed by atoms with E-state index in [4.69, 9.17) is 0 Å². The molecular weight excluding hydrogens is 386 g/mol. The van der Waals surface area contributed by atoms with Gasteiger partial charge in [-0.3, -0.25) is 0 Å². The van der Waals surface area contributed by atoms with Gasteiger partial charge in [-0.1, -0.05) is 18.2 Å². The maximum atomic E-state index is 14.6. The predicted octanol–water partition coefficient (Wildman–Crippen LogP) is 3.22. The molecule has 0 unspecified atom stereocenters. The number of rotatable bonds is 7. The third-order valence-electron chi connectivity index (χ3n) is 5.18. The molecule has 0 bridgehead atoms. The smallest absolute Gasteiger partial charge is 0.191 e.